The van der Waals surface area contributed by atoms with E-state index >= 15 is 0 Å². The van der Waals surface area contributed by atoms with Crippen LogP contribution in [0.3, 0.4) is 0 Å². The third-order valence-corrected chi connectivity index (χ3v) is 5.28. The summed E-state index contributed by atoms with van der Waals surface area (Å²) in [6, 6.07) is 4.57. The van der Waals surface area contributed by atoms with Crippen molar-refractivity contribution in [3.63, 3.8) is 0 Å². The summed E-state index contributed by atoms with van der Waals surface area (Å²) in [5.74, 6) is 0.273. The molecule has 0 fully saturated rings. The Morgan fingerprint density at radius 1 is 1.24 bits per heavy atom. The van der Waals surface area contributed by atoms with Gasteiger partial charge in [0, 0.05) is 24.6 Å². The van der Waals surface area contributed by atoms with E-state index in [0.717, 1.165) is 18.4 Å². The van der Waals surface area contributed by atoms with Crippen LogP contribution in [0.15, 0.2) is 30.5 Å². The molecule has 0 spiro atoms. The maximum atomic E-state index is 12.7. The SMILES string of the molecule is CS(=O)(=O)N1CC(CN)Cn2ncc(-c3ccc(C(F)(F)F)cc3)c21. The molecule has 0 amide bonds. The van der Waals surface area contributed by atoms with Gasteiger partial charge in [-0.15, -0.1) is 0 Å². The van der Waals surface area contributed by atoms with Crippen LogP contribution < -0.4 is 10.0 Å². The molecule has 10 heteroatoms. The maximum absolute atomic E-state index is 12.7. The minimum absolute atomic E-state index is 0.0809. The number of nitrogens with two attached hydrogens (primary N) is 1. The zero-order valence-electron chi connectivity index (χ0n) is 13.4. The lowest BCUT2D eigenvalue weighted by molar-refractivity contribution is -0.137. The van der Waals surface area contributed by atoms with Crippen LogP contribution in [-0.2, 0) is 22.7 Å². The first-order valence-corrected chi connectivity index (χ1v) is 9.37. The molecule has 1 aromatic heterocycles. The fourth-order valence-electron chi connectivity index (χ4n) is 2.88. The summed E-state index contributed by atoms with van der Waals surface area (Å²) in [6.07, 6.45) is -1.88. The van der Waals surface area contributed by atoms with Gasteiger partial charge in [-0.3, -0.25) is 4.31 Å². The molecule has 0 radical (unpaired) electrons. The lowest BCUT2D eigenvalue weighted by Crippen LogP contribution is -2.44. The van der Waals surface area contributed by atoms with E-state index in [4.69, 9.17) is 5.73 Å². The molecule has 0 aliphatic carbocycles. The predicted molar refractivity (Wildman–Crippen MR) is 87.4 cm³/mol. The Morgan fingerprint density at radius 3 is 2.40 bits per heavy atom. The van der Waals surface area contributed by atoms with E-state index in [9.17, 15) is 21.6 Å². The van der Waals surface area contributed by atoms with Gasteiger partial charge in [0.05, 0.1) is 18.0 Å². The molecule has 2 N–H and O–H groups in total. The van der Waals surface area contributed by atoms with Crippen molar-refractivity contribution < 1.29 is 21.6 Å². The summed E-state index contributed by atoms with van der Waals surface area (Å²) in [7, 11) is -3.58. The average molecular weight is 374 g/mol. The molecule has 1 aromatic carbocycles. The van der Waals surface area contributed by atoms with Crippen LogP contribution in [0.5, 0.6) is 0 Å². The zero-order chi connectivity index (χ0) is 18.4. The Labute approximate surface area is 143 Å². The summed E-state index contributed by atoms with van der Waals surface area (Å²) in [6.45, 7) is 0.980. The van der Waals surface area contributed by atoms with Gasteiger partial charge in [0.15, 0.2) is 0 Å². The molecule has 2 aromatic rings. The fourth-order valence-corrected chi connectivity index (χ4v) is 3.87. The maximum Gasteiger partial charge on any atom is 0.416 e. The predicted octanol–water partition coefficient (Wildman–Crippen LogP) is 1.92. The molecule has 0 bridgehead atoms. The fraction of sp³-hybridized carbons (Fsp3) is 0.400. The van der Waals surface area contributed by atoms with Gasteiger partial charge in [-0.05, 0) is 24.2 Å². The summed E-state index contributed by atoms with van der Waals surface area (Å²) in [5, 5.41) is 4.20. The molecule has 25 heavy (non-hydrogen) atoms. The van der Waals surface area contributed by atoms with E-state index in [1.165, 1.54) is 27.3 Å². The highest BCUT2D eigenvalue weighted by Gasteiger charge is 2.34. The van der Waals surface area contributed by atoms with E-state index < -0.39 is 21.8 Å². The smallest absolute Gasteiger partial charge is 0.330 e. The number of rotatable bonds is 3. The molecule has 1 aliphatic rings. The molecule has 3 rings (SSSR count). The quantitative estimate of drug-likeness (QED) is 0.890. The van der Waals surface area contributed by atoms with Gasteiger partial charge in [0.1, 0.15) is 5.82 Å². The first-order chi connectivity index (χ1) is 11.6. The molecule has 0 saturated carbocycles. The highest BCUT2D eigenvalue weighted by molar-refractivity contribution is 7.92. The van der Waals surface area contributed by atoms with Crippen molar-refractivity contribution in [2.75, 3.05) is 23.7 Å². The molecule has 1 aliphatic heterocycles. The Bertz CT molecular complexity index is 875. The lowest BCUT2D eigenvalue weighted by atomic mass is 10.0. The van der Waals surface area contributed by atoms with Crippen LogP contribution in [0.4, 0.5) is 19.0 Å². The van der Waals surface area contributed by atoms with Crippen LogP contribution in [0, 0.1) is 5.92 Å². The Morgan fingerprint density at radius 2 is 1.88 bits per heavy atom. The molecule has 6 nitrogen and oxygen atoms in total. The number of anilines is 1. The molecule has 1 atom stereocenters. The molecule has 1 unspecified atom stereocenters. The number of alkyl halides is 3. The van der Waals surface area contributed by atoms with Crippen molar-refractivity contribution in [3.05, 3.63) is 36.0 Å². The summed E-state index contributed by atoms with van der Waals surface area (Å²) >= 11 is 0. The molecule has 136 valence electrons. The second-order valence-electron chi connectivity index (χ2n) is 6.03. The number of fused-ring (bicyclic) bond motifs is 1. The Hall–Kier alpha value is -2.07. The summed E-state index contributed by atoms with van der Waals surface area (Å²) in [4.78, 5) is 0. The van der Waals surface area contributed by atoms with E-state index in [-0.39, 0.29) is 12.5 Å². The molecular formula is C15H17F3N4O2S. The van der Waals surface area contributed by atoms with Gasteiger partial charge in [-0.2, -0.15) is 18.3 Å². The number of sulfonamides is 1. The van der Waals surface area contributed by atoms with Crippen molar-refractivity contribution in [1.82, 2.24) is 9.78 Å². The summed E-state index contributed by atoms with van der Waals surface area (Å²) in [5.41, 5.74) is 5.84. The van der Waals surface area contributed by atoms with Gasteiger partial charge >= 0.3 is 6.18 Å². The van der Waals surface area contributed by atoms with Crippen molar-refractivity contribution in [2.24, 2.45) is 11.7 Å². The number of benzene rings is 1. The van der Waals surface area contributed by atoms with Crippen LogP contribution in [0.25, 0.3) is 11.1 Å². The number of aromatic nitrogens is 2. The molecular weight excluding hydrogens is 357 g/mol. The number of halogens is 3. The van der Waals surface area contributed by atoms with Gasteiger partial charge in [-0.1, -0.05) is 12.1 Å². The number of hydrogen-bond donors (Lipinski definition) is 1. The second-order valence-corrected chi connectivity index (χ2v) is 7.94. The van der Waals surface area contributed by atoms with Crippen molar-refractivity contribution in [3.8, 4) is 11.1 Å². The first-order valence-electron chi connectivity index (χ1n) is 7.52. The zero-order valence-corrected chi connectivity index (χ0v) is 14.2. The van der Waals surface area contributed by atoms with Gasteiger partial charge < -0.3 is 5.73 Å². The van der Waals surface area contributed by atoms with Gasteiger partial charge in [-0.25, -0.2) is 13.1 Å². The second kappa shape index (κ2) is 6.03. The largest absolute Gasteiger partial charge is 0.416 e. The van der Waals surface area contributed by atoms with Crippen LogP contribution in [0.1, 0.15) is 5.56 Å². The van der Waals surface area contributed by atoms with Crippen LogP contribution in [-0.4, -0.2) is 37.5 Å². The van der Waals surface area contributed by atoms with E-state index in [1.54, 1.807) is 0 Å². The Balaban J connectivity index is 2.07. The third kappa shape index (κ3) is 3.36. The molecule has 2 heterocycles. The minimum atomic E-state index is -4.43. The van der Waals surface area contributed by atoms with E-state index in [1.807, 2.05) is 0 Å². The van der Waals surface area contributed by atoms with E-state index in [2.05, 4.69) is 5.10 Å². The Kier molecular flexibility index (Phi) is 4.28. The van der Waals surface area contributed by atoms with Gasteiger partial charge in [0.25, 0.3) is 0 Å². The van der Waals surface area contributed by atoms with Crippen molar-refractivity contribution in [1.29, 1.82) is 0 Å². The highest BCUT2D eigenvalue weighted by Crippen LogP contribution is 2.37. The molecule has 0 saturated heterocycles. The normalized spacial score (nSPS) is 18.3. The topological polar surface area (TPSA) is 81.2 Å². The van der Waals surface area contributed by atoms with E-state index in [0.29, 0.717) is 30.0 Å². The van der Waals surface area contributed by atoms with Crippen LogP contribution >= 0.6 is 0 Å². The third-order valence-electron chi connectivity index (χ3n) is 4.16. The lowest BCUT2D eigenvalue weighted by Gasteiger charge is -2.33. The minimum Gasteiger partial charge on any atom is -0.330 e. The monoisotopic (exact) mass is 374 g/mol. The number of hydrogen-bond acceptors (Lipinski definition) is 4. The summed E-state index contributed by atoms with van der Waals surface area (Å²) < 4.78 is 65.3. The number of nitrogens with zero attached hydrogens (tertiary/aromatic N) is 3. The highest BCUT2D eigenvalue weighted by atomic mass is 32.2. The van der Waals surface area contributed by atoms with Crippen LogP contribution in [0.2, 0.25) is 0 Å². The van der Waals surface area contributed by atoms with Crippen molar-refractivity contribution >= 4 is 15.8 Å². The standard InChI is InChI=1S/C15H17F3N4O2S/c1-25(23,24)22-9-10(6-19)8-21-14(22)13(7-20-21)11-2-4-12(5-3-11)15(16,17)18/h2-5,7,10H,6,8-9,19H2,1H3. The first kappa shape index (κ1) is 17.7. The van der Waals surface area contributed by atoms with Gasteiger partial charge in [0.2, 0.25) is 10.0 Å². The average Bonchev–Trinajstić information content (AvgIpc) is 2.96. The van der Waals surface area contributed by atoms with Crippen molar-refractivity contribution in [2.45, 2.75) is 12.7 Å².